The molecule has 0 bridgehead atoms. The molecule has 0 radical (unpaired) electrons. The van der Waals surface area contributed by atoms with Crippen molar-refractivity contribution < 1.29 is 0 Å². The maximum atomic E-state index is 12.7. The van der Waals surface area contributed by atoms with E-state index in [4.69, 9.17) is 10.7 Å². The van der Waals surface area contributed by atoms with Gasteiger partial charge in [-0.15, -0.1) is 0 Å². The molecule has 2 heterocycles. The highest BCUT2D eigenvalue weighted by Crippen LogP contribution is 2.26. The summed E-state index contributed by atoms with van der Waals surface area (Å²) >= 11 is 0. The maximum absolute atomic E-state index is 12.7. The molecule has 3 rings (SSSR count). The average Bonchev–Trinajstić information content (AvgIpc) is 2.80. The lowest BCUT2D eigenvalue weighted by Gasteiger charge is -2.18. The molecule has 0 aliphatic heterocycles. The number of fused-ring (bicyclic) bond motifs is 1. The van der Waals surface area contributed by atoms with Gasteiger partial charge in [0.05, 0.1) is 11.2 Å². The van der Waals surface area contributed by atoms with Crippen molar-refractivity contribution in [2.75, 3.05) is 6.54 Å². The number of hydrogen-bond donors (Lipinski definition) is 1. The third-order valence-corrected chi connectivity index (χ3v) is 4.62. The van der Waals surface area contributed by atoms with Gasteiger partial charge in [-0.2, -0.15) is 0 Å². The molecule has 1 aromatic carbocycles. The van der Waals surface area contributed by atoms with Gasteiger partial charge >= 0.3 is 5.69 Å². The lowest BCUT2D eigenvalue weighted by molar-refractivity contribution is 0.342. The van der Waals surface area contributed by atoms with Crippen molar-refractivity contribution in [2.24, 2.45) is 18.2 Å². The van der Waals surface area contributed by atoms with Gasteiger partial charge < -0.3 is 5.73 Å². The highest BCUT2D eigenvalue weighted by Gasteiger charge is 2.19. The van der Waals surface area contributed by atoms with Crippen LogP contribution in [0.5, 0.6) is 0 Å². The lowest BCUT2D eigenvalue weighted by atomic mass is 9.97. The first-order chi connectivity index (χ1) is 12.2. The zero-order valence-electron chi connectivity index (χ0n) is 16.3. The first-order valence-corrected chi connectivity index (χ1v) is 9.07. The zero-order valence-corrected chi connectivity index (χ0v) is 16.3. The first-order valence-electron chi connectivity index (χ1n) is 9.07. The fourth-order valence-electron chi connectivity index (χ4n) is 3.32. The van der Waals surface area contributed by atoms with Gasteiger partial charge in [-0.05, 0) is 54.6 Å². The Morgan fingerprint density at radius 1 is 1.15 bits per heavy atom. The van der Waals surface area contributed by atoms with Crippen LogP contribution >= 0.6 is 0 Å². The second kappa shape index (κ2) is 6.72. The molecule has 0 spiro atoms. The molecule has 5 nitrogen and oxygen atoms in total. The van der Waals surface area contributed by atoms with E-state index in [1.54, 1.807) is 11.6 Å². The highest BCUT2D eigenvalue weighted by atomic mass is 16.1. The van der Waals surface area contributed by atoms with Gasteiger partial charge in [-0.25, -0.2) is 9.78 Å². The molecule has 0 saturated carbocycles. The smallest absolute Gasteiger partial charge is 0.330 e. The molecule has 0 saturated heterocycles. The number of benzene rings is 1. The number of aryl methyl sites for hydroxylation is 2. The fourth-order valence-corrected chi connectivity index (χ4v) is 3.32. The predicted octanol–water partition coefficient (Wildman–Crippen LogP) is 3.26. The van der Waals surface area contributed by atoms with Crippen molar-refractivity contribution in [1.82, 2.24) is 14.1 Å². The Morgan fingerprint density at radius 2 is 1.88 bits per heavy atom. The Morgan fingerprint density at radius 3 is 2.54 bits per heavy atom. The maximum Gasteiger partial charge on any atom is 0.330 e. The van der Waals surface area contributed by atoms with Crippen LogP contribution in [-0.4, -0.2) is 20.7 Å². The summed E-state index contributed by atoms with van der Waals surface area (Å²) in [5.74, 6) is 0. The van der Waals surface area contributed by atoms with E-state index in [9.17, 15) is 4.79 Å². The topological polar surface area (TPSA) is 65.8 Å². The van der Waals surface area contributed by atoms with Crippen LogP contribution in [0.25, 0.3) is 22.4 Å². The van der Waals surface area contributed by atoms with Gasteiger partial charge in [0.25, 0.3) is 0 Å². The summed E-state index contributed by atoms with van der Waals surface area (Å²) < 4.78 is 3.47. The van der Waals surface area contributed by atoms with Crippen molar-refractivity contribution in [1.29, 1.82) is 0 Å². The molecule has 26 heavy (non-hydrogen) atoms. The van der Waals surface area contributed by atoms with Gasteiger partial charge in [0, 0.05) is 19.2 Å². The van der Waals surface area contributed by atoms with Crippen LogP contribution in [0.3, 0.4) is 0 Å². The van der Waals surface area contributed by atoms with Crippen LogP contribution in [0.2, 0.25) is 0 Å². The Hall–Kier alpha value is -2.40. The second-order valence-corrected chi connectivity index (χ2v) is 8.22. The summed E-state index contributed by atoms with van der Waals surface area (Å²) in [5, 5.41) is 0. The number of aromatic nitrogens is 3. The minimum atomic E-state index is -0.0202. The van der Waals surface area contributed by atoms with E-state index in [1.165, 1.54) is 5.56 Å². The van der Waals surface area contributed by atoms with Crippen LogP contribution in [0.4, 0.5) is 0 Å². The van der Waals surface area contributed by atoms with Crippen molar-refractivity contribution in [3.63, 3.8) is 0 Å². The van der Waals surface area contributed by atoms with Gasteiger partial charge in [0.15, 0.2) is 5.65 Å². The molecule has 3 aromatic rings. The van der Waals surface area contributed by atoms with E-state index < -0.39 is 0 Å². The van der Waals surface area contributed by atoms with Crippen molar-refractivity contribution in [3.8, 4) is 11.3 Å². The SMILES string of the molecule is Cc1ccc(CCN)cc1-c1ccc2c(n1)n(C)c(=O)n2CC(C)(C)C. The minimum absolute atomic E-state index is 0.0178. The van der Waals surface area contributed by atoms with Gasteiger partial charge in [0.1, 0.15) is 0 Å². The number of rotatable bonds is 4. The molecule has 2 N–H and O–H groups in total. The number of pyridine rings is 1. The normalized spacial score (nSPS) is 12.1. The average molecular weight is 352 g/mol. The summed E-state index contributed by atoms with van der Waals surface area (Å²) in [6.07, 6.45) is 0.843. The van der Waals surface area contributed by atoms with Crippen LogP contribution in [-0.2, 0) is 20.0 Å². The summed E-state index contributed by atoms with van der Waals surface area (Å²) in [4.78, 5) is 17.5. The Balaban J connectivity index is 2.16. The molecule has 5 heteroatoms. The van der Waals surface area contributed by atoms with E-state index in [-0.39, 0.29) is 11.1 Å². The van der Waals surface area contributed by atoms with Gasteiger partial charge in [-0.1, -0.05) is 32.9 Å². The fraction of sp³-hybridized carbons (Fsp3) is 0.429. The van der Waals surface area contributed by atoms with E-state index >= 15 is 0 Å². The minimum Gasteiger partial charge on any atom is -0.330 e. The lowest BCUT2D eigenvalue weighted by Crippen LogP contribution is -2.27. The third kappa shape index (κ3) is 3.44. The standard InChI is InChI=1S/C21H28N4O/c1-14-6-7-15(10-11-22)12-16(14)17-8-9-18-19(23-17)24(5)20(26)25(18)13-21(2,3)4/h6-9,12H,10-11,13,22H2,1-5H3. The van der Waals surface area contributed by atoms with E-state index in [2.05, 4.69) is 45.9 Å². The molecule has 2 aromatic heterocycles. The summed E-state index contributed by atoms with van der Waals surface area (Å²) in [6.45, 7) is 9.76. The van der Waals surface area contributed by atoms with Crippen LogP contribution in [0.1, 0.15) is 31.9 Å². The summed E-state index contributed by atoms with van der Waals surface area (Å²) in [6, 6.07) is 10.4. The van der Waals surface area contributed by atoms with Gasteiger partial charge in [-0.3, -0.25) is 9.13 Å². The summed E-state index contributed by atoms with van der Waals surface area (Å²) in [5.41, 5.74) is 11.6. The molecule has 0 unspecified atom stereocenters. The Kier molecular flexibility index (Phi) is 4.76. The number of nitrogens with two attached hydrogens (primary N) is 1. The molecule has 0 atom stereocenters. The highest BCUT2D eigenvalue weighted by molar-refractivity contribution is 5.77. The first kappa shape index (κ1) is 18.4. The van der Waals surface area contributed by atoms with E-state index in [0.717, 1.165) is 34.4 Å². The van der Waals surface area contributed by atoms with Crippen LogP contribution in [0.15, 0.2) is 35.1 Å². The van der Waals surface area contributed by atoms with Crippen molar-refractivity contribution in [3.05, 3.63) is 51.9 Å². The monoisotopic (exact) mass is 352 g/mol. The van der Waals surface area contributed by atoms with Crippen molar-refractivity contribution >= 4 is 11.2 Å². The predicted molar refractivity (Wildman–Crippen MR) is 107 cm³/mol. The quantitative estimate of drug-likeness (QED) is 0.784. The number of imidazole rings is 1. The summed E-state index contributed by atoms with van der Waals surface area (Å²) in [7, 11) is 1.79. The third-order valence-electron chi connectivity index (χ3n) is 4.62. The molecule has 0 fully saturated rings. The molecular weight excluding hydrogens is 324 g/mol. The van der Waals surface area contributed by atoms with Crippen LogP contribution < -0.4 is 11.4 Å². The van der Waals surface area contributed by atoms with Crippen LogP contribution in [0, 0.1) is 12.3 Å². The largest absolute Gasteiger partial charge is 0.330 e. The molecule has 138 valence electrons. The molecular formula is C21H28N4O. The molecule has 0 aliphatic rings. The number of nitrogens with zero attached hydrogens (tertiary/aromatic N) is 3. The van der Waals surface area contributed by atoms with E-state index in [1.807, 2.05) is 16.7 Å². The van der Waals surface area contributed by atoms with Crippen molar-refractivity contribution in [2.45, 2.75) is 40.7 Å². The zero-order chi connectivity index (χ0) is 19.1. The van der Waals surface area contributed by atoms with Gasteiger partial charge in [0.2, 0.25) is 0 Å². The second-order valence-electron chi connectivity index (χ2n) is 8.22. The Bertz CT molecular complexity index is 1010. The Labute approximate surface area is 154 Å². The molecule has 0 amide bonds. The molecule has 0 aliphatic carbocycles. The van der Waals surface area contributed by atoms with E-state index in [0.29, 0.717) is 13.1 Å². The number of hydrogen-bond acceptors (Lipinski definition) is 3.